The van der Waals surface area contributed by atoms with Gasteiger partial charge in [-0.25, -0.2) is 4.98 Å². The Morgan fingerprint density at radius 2 is 2.00 bits per heavy atom. The molecule has 0 spiro atoms. The lowest BCUT2D eigenvalue weighted by atomic mass is 9.96. The maximum Gasteiger partial charge on any atom is 0.391 e. The van der Waals surface area contributed by atoms with Crippen molar-refractivity contribution in [1.29, 1.82) is 0 Å². The Hall–Kier alpha value is -1.30. The molecule has 1 aromatic rings. The summed E-state index contributed by atoms with van der Waals surface area (Å²) in [4.78, 5) is 6.02. The minimum Gasteiger partial charge on any atom is -0.389 e. The van der Waals surface area contributed by atoms with Gasteiger partial charge in [0.1, 0.15) is 5.82 Å². The Morgan fingerprint density at radius 1 is 1.37 bits per heavy atom. The van der Waals surface area contributed by atoms with E-state index in [9.17, 15) is 18.3 Å². The number of aromatic nitrogens is 1. The van der Waals surface area contributed by atoms with E-state index in [-0.39, 0.29) is 12.8 Å². The highest BCUT2D eigenvalue weighted by molar-refractivity contribution is 5.48. The zero-order chi connectivity index (χ0) is 14.0. The van der Waals surface area contributed by atoms with E-state index in [1.807, 2.05) is 4.90 Å². The van der Waals surface area contributed by atoms with Gasteiger partial charge >= 0.3 is 6.18 Å². The molecule has 0 aliphatic carbocycles. The first-order valence-electron chi connectivity index (χ1n) is 6.34. The van der Waals surface area contributed by atoms with E-state index >= 15 is 0 Å². The number of pyridine rings is 1. The molecule has 1 atom stereocenters. The van der Waals surface area contributed by atoms with Gasteiger partial charge in [0.2, 0.25) is 0 Å². The van der Waals surface area contributed by atoms with Crippen molar-refractivity contribution in [2.24, 2.45) is 5.92 Å². The smallest absolute Gasteiger partial charge is 0.389 e. The third-order valence-corrected chi connectivity index (χ3v) is 3.52. The minimum absolute atomic E-state index is 0.0827. The monoisotopic (exact) mass is 274 g/mol. The van der Waals surface area contributed by atoms with Gasteiger partial charge in [-0.2, -0.15) is 13.2 Å². The number of hydrogen-bond donors (Lipinski definition) is 1. The molecule has 1 N–H and O–H groups in total. The van der Waals surface area contributed by atoms with Gasteiger partial charge in [0.05, 0.1) is 12.0 Å². The van der Waals surface area contributed by atoms with E-state index in [2.05, 4.69) is 4.98 Å². The molecule has 0 aromatic carbocycles. The van der Waals surface area contributed by atoms with Crippen molar-refractivity contribution < 1.29 is 18.3 Å². The molecule has 0 bridgehead atoms. The van der Waals surface area contributed by atoms with Crippen LogP contribution in [0.1, 0.15) is 31.4 Å². The topological polar surface area (TPSA) is 36.4 Å². The van der Waals surface area contributed by atoms with Crippen molar-refractivity contribution in [3.63, 3.8) is 0 Å². The third kappa shape index (κ3) is 3.18. The Labute approximate surface area is 110 Å². The van der Waals surface area contributed by atoms with Crippen LogP contribution in [-0.4, -0.2) is 29.4 Å². The highest BCUT2D eigenvalue weighted by Gasteiger charge is 2.41. The summed E-state index contributed by atoms with van der Waals surface area (Å²) in [5.41, 5.74) is 0.660. The number of alkyl halides is 3. The van der Waals surface area contributed by atoms with Crippen molar-refractivity contribution >= 4 is 5.82 Å². The second-order valence-corrected chi connectivity index (χ2v) is 4.90. The van der Waals surface area contributed by atoms with Crippen LogP contribution < -0.4 is 4.90 Å². The maximum absolute atomic E-state index is 12.6. The first-order valence-corrected chi connectivity index (χ1v) is 6.34. The second-order valence-electron chi connectivity index (χ2n) is 4.90. The fourth-order valence-corrected chi connectivity index (χ4v) is 2.42. The van der Waals surface area contributed by atoms with Gasteiger partial charge in [-0.1, -0.05) is 6.07 Å². The molecule has 1 aliphatic rings. The molecule has 2 heterocycles. The number of aliphatic hydroxyl groups is 1. The van der Waals surface area contributed by atoms with Crippen molar-refractivity contribution in [2.75, 3.05) is 18.0 Å². The highest BCUT2D eigenvalue weighted by atomic mass is 19.4. The van der Waals surface area contributed by atoms with Crippen LogP contribution in [0, 0.1) is 5.92 Å². The maximum atomic E-state index is 12.6. The molecule has 0 saturated carbocycles. The number of rotatable bonds is 2. The zero-order valence-corrected chi connectivity index (χ0v) is 10.7. The van der Waals surface area contributed by atoms with Gasteiger partial charge in [-0.05, 0) is 25.8 Å². The average Bonchev–Trinajstić information content (AvgIpc) is 2.38. The standard InChI is InChI=1S/C13H17F3N2O/c1-9(19)11-3-2-6-17-12(11)18-7-4-10(5-8-18)13(14,15)16/h2-3,6,9-10,19H,4-5,7-8H2,1H3/t9-/m0/s1. The lowest BCUT2D eigenvalue weighted by Crippen LogP contribution is -2.39. The van der Waals surface area contributed by atoms with E-state index in [0.717, 1.165) is 0 Å². The SMILES string of the molecule is C[C@H](O)c1cccnc1N1CCC(C(F)(F)F)CC1. The molecule has 6 heteroatoms. The van der Waals surface area contributed by atoms with Crippen LogP contribution in [-0.2, 0) is 0 Å². The van der Waals surface area contributed by atoms with Crippen molar-refractivity contribution in [3.8, 4) is 0 Å². The molecular weight excluding hydrogens is 257 g/mol. The summed E-state index contributed by atoms with van der Waals surface area (Å²) in [5.74, 6) is -0.624. The first-order chi connectivity index (χ1) is 8.89. The second kappa shape index (κ2) is 5.36. The van der Waals surface area contributed by atoms with Crippen LogP contribution in [0.15, 0.2) is 18.3 Å². The van der Waals surface area contributed by atoms with Crippen LogP contribution in [0.4, 0.5) is 19.0 Å². The minimum atomic E-state index is -4.11. The van der Waals surface area contributed by atoms with Crippen molar-refractivity contribution in [3.05, 3.63) is 23.9 Å². The lowest BCUT2D eigenvalue weighted by Gasteiger charge is -2.34. The van der Waals surface area contributed by atoms with E-state index < -0.39 is 18.2 Å². The van der Waals surface area contributed by atoms with Gasteiger partial charge < -0.3 is 10.0 Å². The quantitative estimate of drug-likeness (QED) is 0.900. The normalized spacial score (nSPS) is 19.5. The van der Waals surface area contributed by atoms with E-state index in [1.54, 1.807) is 25.3 Å². The zero-order valence-electron chi connectivity index (χ0n) is 10.7. The van der Waals surface area contributed by atoms with Crippen LogP contribution in [0.5, 0.6) is 0 Å². The molecule has 0 unspecified atom stereocenters. The number of halogens is 3. The largest absolute Gasteiger partial charge is 0.391 e. The molecule has 1 aliphatic heterocycles. The van der Waals surface area contributed by atoms with E-state index in [4.69, 9.17) is 0 Å². The van der Waals surface area contributed by atoms with E-state index in [1.165, 1.54) is 0 Å². The van der Waals surface area contributed by atoms with Gasteiger partial charge in [0.15, 0.2) is 0 Å². The Kier molecular flexibility index (Phi) is 3.99. The molecule has 3 nitrogen and oxygen atoms in total. The van der Waals surface area contributed by atoms with Crippen LogP contribution in [0.2, 0.25) is 0 Å². The van der Waals surface area contributed by atoms with Gasteiger partial charge in [-0.15, -0.1) is 0 Å². The van der Waals surface area contributed by atoms with Gasteiger partial charge in [0.25, 0.3) is 0 Å². The van der Waals surface area contributed by atoms with E-state index in [0.29, 0.717) is 24.5 Å². The number of hydrogen-bond acceptors (Lipinski definition) is 3. The first kappa shape index (κ1) is 14.1. The summed E-state index contributed by atoms with van der Waals surface area (Å²) in [6, 6.07) is 3.47. The number of anilines is 1. The van der Waals surface area contributed by atoms with Crippen molar-refractivity contribution in [1.82, 2.24) is 4.98 Å². The Balaban J connectivity index is 2.10. The number of piperidine rings is 1. The molecule has 1 saturated heterocycles. The molecule has 0 radical (unpaired) electrons. The third-order valence-electron chi connectivity index (χ3n) is 3.52. The summed E-state index contributed by atoms with van der Waals surface area (Å²) in [6.07, 6.45) is -3.03. The number of aliphatic hydroxyl groups excluding tert-OH is 1. The van der Waals surface area contributed by atoms with Crippen LogP contribution in [0.25, 0.3) is 0 Å². The van der Waals surface area contributed by atoms with Crippen LogP contribution >= 0.6 is 0 Å². The van der Waals surface area contributed by atoms with Crippen LogP contribution in [0.3, 0.4) is 0 Å². The molecule has 1 fully saturated rings. The van der Waals surface area contributed by atoms with Crippen molar-refractivity contribution in [2.45, 2.75) is 32.0 Å². The molecular formula is C13H17F3N2O. The number of nitrogens with zero attached hydrogens (tertiary/aromatic N) is 2. The predicted octanol–water partition coefficient (Wildman–Crippen LogP) is 2.91. The molecule has 1 aromatic heterocycles. The fraction of sp³-hybridized carbons (Fsp3) is 0.615. The fourth-order valence-electron chi connectivity index (χ4n) is 2.42. The molecule has 106 valence electrons. The molecule has 0 amide bonds. The molecule has 19 heavy (non-hydrogen) atoms. The summed E-state index contributed by atoms with van der Waals surface area (Å²) >= 11 is 0. The predicted molar refractivity (Wildman–Crippen MR) is 65.9 cm³/mol. The summed E-state index contributed by atoms with van der Waals surface area (Å²) < 4.78 is 37.8. The summed E-state index contributed by atoms with van der Waals surface area (Å²) in [7, 11) is 0. The Morgan fingerprint density at radius 3 is 2.53 bits per heavy atom. The van der Waals surface area contributed by atoms with Gasteiger partial charge in [-0.3, -0.25) is 0 Å². The highest BCUT2D eigenvalue weighted by Crippen LogP contribution is 2.36. The Bertz CT molecular complexity index is 426. The summed E-state index contributed by atoms with van der Waals surface area (Å²) in [6.45, 7) is 2.27. The lowest BCUT2D eigenvalue weighted by molar-refractivity contribution is -0.179. The molecule has 2 rings (SSSR count). The summed E-state index contributed by atoms with van der Waals surface area (Å²) in [5, 5.41) is 9.67. The average molecular weight is 274 g/mol. The van der Waals surface area contributed by atoms with Gasteiger partial charge in [0, 0.05) is 24.8 Å².